The molecule has 0 unspecified atom stereocenters. The maximum absolute atomic E-state index is 9.79. The van der Waals surface area contributed by atoms with Gasteiger partial charge in [-0.05, 0) is 6.92 Å². The zero-order valence-corrected chi connectivity index (χ0v) is 5.77. The van der Waals surface area contributed by atoms with Crippen molar-refractivity contribution >= 4 is 5.96 Å². The molecule has 0 aromatic rings. The van der Waals surface area contributed by atoms with Gasteiger partial charge in [0.2, 0.25) is 0 Å². The van der Waals surface area contributed by atoms with Crippen molar-refractivity contribution in [3.05, 3.63) is 15.0 Å². The lowest BCUT2D eigenvalue weighted by Gasteiger charge is -1.96. The van der Waals surface area contributed by atoms with Crippen molar-refractivity contribution in [3.8, 4) is 0 Å². The van der Waals surface area contributed by atoms with Gasteiger partial charge < -0.3 is 0 Å². The van der Waals surface area contributed by atoms with Crippen molar-refractivity contribution in [3.63, 3.8) is 0 Å². The van der Waals surface area contributed by atoms with Crippen LogP contribution >= 0.6 is 0 Å². The van der Waals surface area contributed by atoms with Crippen LogP contribution in [0.15, 0.2) is 10.3 Å². The number of nitrogens with one attached hydrogen (secondary N) is 2. The lowest BCUT2D eigenvalue weighted by atomic mass is 10.8. The Labute approximate surface area is 61.8 Å². The number of guanidine groups is 1. The average Bonchev–Trinajstić information content (AvgIpc) is 1.87. The summed E-state index contributed by atoms with van der Waals surface area (Å²) in [4.78, 5) is 22.9. The molecule has 2 N–H and O–H groups in total. The van der Waals surface area contributed by atoms with E-state index in [4.69, 9.17) is 0 Å². The van der Waals surface area contributed by atoms with Crippen LogP contribution in [0.5, 0.6) is 0 Å². The fraction of sp³-hybridized carbons (Fsp3) is 0.667. The Morgan fingerprint density at radius 2 is 2.36 bits per heavy atom. The Bertz CT molecular complexity index is 178. The van der Waals surface area contributed by atoms with Crippen molar-refractivity contribution in [2.24, 2.45) is 10.3 Å². The Hall–Kier alpha value is -1.73. The molecular formula is C3H7N5O3. The number of rotatable bonds is 3. The highest BCUT2D eigenvalue weighted by molar-refractivity contribution is 5.78. The van der Waals surface area contributed by atoms with Gasteiger partial charge in [-0.1, -0.05) is 5.43 Å². The Morgan fingerprint density at radius 3 is 2.73 bits per heavy atom. The molecule has 0 saturated carbocycles. The van der Waals surface area contributed by atoms with Crippen LogP contribution in [0.3, 0.4) is 0 Å². The number of hydrogen-bond acceptors (Lipinski definition) is 5. The van der Waals surface area contributed by atoms with E-state index in [0.29, 0.717) is 6.54 Å². The van der Waals surface area contributed by atoms with Crippen LogP contribution in [-0.4, -0.2) is 17.5 Å². The molecule has 0 aromatic heterocycles. The summed E-state index contributed by atoms with van der Waals surface area (Å²) in [7, 11) is 0. The minimum absolute atomic E-state index is 0.271. The molecule has 0 aliphatic carbocycles. The monoisotopic (exact) mass is 161 g/mol. The highest BCUT2D eigenvalue weighted by atomic mass is 16.7. The molecule has 11 heavy (non-hydrogen) atoms. The molecule has 0 aliphatic heterocycles. The van der Waals surface area contributed by atoms with Gasteiger partial charge in [0.25, 0.3) is 5.96 Å². The summed E-state index contributed by atoms with van der Waals surface area (Å²) in [6, 6.07) is 0. The highest BCUT2D eigenvalue weighted by Crippen LogP contribution is 1.71. The molecule has 0 radical (unpaired) electrons. The van der Waals surface area contributed by atoms with Crippen LogP contribution in [0.2, 0.25) is 0 Å². The summed E-state index contributed by atoms with van der Waals surface area (Å²) in [5, 5.41) is 11.2. The molecule has 0 amide bonds. The molecule has 0 bridgehead atoms. The van der Waals surface area contributed by atoms with Crippen LogP contribution in [0, 0.1) is 15.0 Å². The first kappa shape index (κ1) is 9.27. The van der Waals surface area contributed by atoms with E-state index in [-0.39, 0.29) is 5.96 Å². The minimum atomic E-state index is -0.841. The van der Waals surface area contributed by atoms with Crippen LogP contribution < -0.4 is 10.9 Å². The second kappa shape index (κ2) is 5.09. The summed E-state index contributed by atoms with van der Waals surface area (Å²) in [6.45, 7) is 1.98. The molecule has 0 saturated heterocycles. The third-order valence-corrected chi connectivity index (χ3v) is 0.665. The average molecular weight is 161 g/mol. The fourth-order valence-corrected chi connectivity index (χ4v) is 0.384. The molecule has 0 heterocycles. The number of nitroso groups, excluding NO2 is 1. The van der Waals surface area contributed by atoms with Crippen molar-refractivity contribution < 1.29 is 5.03 Å². The van der Waals surface area contributed by atoms with E-state index >= 15 is 0 Å². The molecule has 0 fully saturated rings. The normalized spacial score (nSPS) is 10.5. The molecular weight excluding hydrogens is 154 g/mol. The van der Waals surface area contributed by atoms with Gasteiger partial charge in [0.15, 0.2) is 5.03 Å². The van der Waals surface area contributed by atoms with Gasteiger partial charge in [-0.2, -0.15) is 0 Å². The molecule has 0 aliphatic rings. The van der Waals surface area contributed by atoms with Crippen molar-refractivity contribution in [1.29, 1.82) is 0 Å². The molecule has 0 aromatic carbocycles. The Kier molecular flexibility index (Phi) is 4.29. The van der Waals surface area contributed by atoms with E-state index < -0.39 is 5.03 Å². The maximum atomic E-state index is 9.79. The van der Waals surface area contributed by atoms with Crippen LogP contribution in [0.1, 0.15) is 6.92 Å². The number of hydrazine groups is 1. The standard InChI is InChI=1S/C3H7N5O3/c1-2-4-3(5-7-9)6-8(10)11/h2H2,1H3,(H2,4,5,6,9). The highest BCUT2D eigenvalue weighted by Gasteiger charge is 2.02. The van der Waals surface area contributed by atoms with Crippen molar-refractivity contribution in [1.82, 2.24) is 10.9 Å². The first-order chi connectivity index (χ1) is 5.20. The Morgan fingerprint density at radius 1 is 1.73 bits per heavy atom. The number of aliphatic imine (C=N–C) groups is 1. The van der Waals surface area contributed by atoms with Gasteiger partial charge in [0.05, 0.1) is 5.29 Å². The summed E-state index contributed by atoms with van der Waals surface area (Å²) >= 11 is 0. The molecule has 0 rings (SSSR count). The van der Waals surface area contributed by atoms with Crippen LogP contribution in [0.4, 0.5) is 0 Å². The van der Waals surface area contributed by atoms with Crippen molar-refractivity contribution in [2.45, 2.75) is 6.92 Å². The third kappa shape index (κ3) is 4.75. The maximum Gasteiger partial charge on any atom is 0.277 e. The number of hydrogen-bond donors (Lipinski definition) is 2. The van der Waals surface area contributed by atoms with E-state index in [1.165, 1.54) is 0 Å². The largest absolute Gasteiger partial charge is 0.277 e. The number of nitrogens with zero attached hydrogens (tertiary/aromatic N) is 3. The molecule has 0 spiro atoms. The minimum Gasteiger partial charge on any atom is -0.247 e. The van der Waals surface area contributed by atoms with Gasteiger partial charge in [0, 0.05) is 6.54 Å². The second-order valence-corrected chi connectivity index (χ2v) is 1.39. The Balaban J connectivity index is 3.98. The summed E-state index contributed by atoms with van der Waals surface area (Å²) < 4.78 is 0. The first-order valence-electron chi connectivity index (χ1n) is 2.74. The van der Waals surface area contributed by atoms with Gasteiger partial charge in [-0.25, -0.2) is 20.5 Å². The van der Waals surface area contributed by atoms with E-state index in [2.05, 4.69) is 10.3 Å². The molecule has 62 valence electrons. The van der Waals surface area contributed by atoms with Crippen LogP contribution in [-0.2, 0) is 0 Å². The number of nitro groups is 1. The lowest BCUT2D eigenvalue weighted by Crippen LogP contribution is -2.38. The molecule has 0 atom stereocenters. The topological polar surface area (TPSA) is 109 Å². The van der Waals surface area contributed by atoms with E-state index in [9.17, 15) is 15.0 Å². The molecule has 8 heteroatoms. The third-order valence-electron chi connectivity index (χ3n) is 0.665. The fourth-order valence-electron chi connectivity index (χ4n) is 0.384. The van der Waals surface area contributed by atoms with Gasteiger partial charge in [-0.3, -0.25) is 0 Å². The van der Waals surface area contributed by atoms with Gasteiger partial charge in [-0.15, -0.1) is 4.91 Å². The predicted molar refractivity (Wildman–Crippen MR) is 37.0 cm³/mol. The lowest BCUT2D eigenvalue weighted by molar-refractivity contribution is -0.525. The van der Waals surface area contributed by atoms with Crippen LogP contribution in [0.25, 0.3) is 0 Å². The van der Waals surface area contributed by atoms with Crippen molar-refractivity contribution in [2.75, 3.05) is 6.54 Å². The smallest absolute Gasteiger partial charge is 0.247 e. The van der Waals surface area contributed by atoms with E-state index in [1.54, 1.807) is 17.8 Å². The summed E-state index contributed by atoms with van der Waals surface area (Å²) in [6.07, 6.45) is 0. The zero-order chi connectivity index (χ0) is 8.69. The van der Waals surface area contributed by atoms with Gasteiger partial charge in [0.1, 0.15) is 0 Å². The second-order valence-electron chi connectivity index (χ2n) is 1.39. The predicted octanol–water partition coefficient (Wildman–Crippen LogP) is -0.585. The quantitative estimate of drug-likeness (QED) is 0.189. The van der Waals surface area contributed by atoms with E-state index in [1.807, 2.05) is 0 Å². The summed E-state index contributed by atoms with van der Waals surface area (Å²) in [5.74, 6) is -0.271. The molecule has 8 nitrogen and oxygen atoms in total. The first-order valence-corrected chi connectivity index (χ1v) is 2.74. The summed E-state index contributed by atoms with van der Waals surface area (Å²) in [5.41, 5.74) is 3.43. The van der Waals surface area contributed by atoms with E-state index in [0.717, 1.165) is 0 Å². The SMILES string of the molecule is CCN=C(NN=O)N[N+](=O)[O-]. The van der Waals surface area contributed by atoms with Gasteiger partial charge >= 0.3 is 0 Å². The zero-order valence-electron chi connectivity index (χ0n) is 5.77.